The van der Waals surface area contributed by atoms with Crippen molar-refractivity contribution in [2.75, 3.05) is 0 Å². The summed E-state index contributed by atoms with van der Waals surface area (Å²) in [5.41, 5.74) is 0. The summed E-state index contributed by atoms with van der Waals surface area (Å²) in [5.74, 6) is 5.42. The molecule has 0 fully saturated rings. The van der Waals surface area contributed by atoms with Crippen LogP contribution in [0.2, 0.25) is 0 Å². The number of sulfone groups is 1. The predicted molar refractivity (Wildman–Crippen MR) is 60.8 cm³/mol. The highest BCUT2D eigenvalue weighted by Gasteiger charge is 2.07. The molecule has 15 heavy (non-hydrogen) atoms. The molecular formula is C12H12O2S. The zero-order chi connectivity index (χ0) is 11.1. The molecule has 0 aliphatic heterocycles. The van der Waals surface area contributed by atoms with Crippen LogP contribution in [-0.2, 0) is 9.84 Å². The van der Waals surface area contributed by atoms with Gasteiger partial charge in [-0.05, 0) is 18.2 Å². The number of hydrogen-bond acceptors (Lipinski definition) is 2. The van der Waals surface area contributed by atoms with Gasteiger partial charge in [0.25, 0.3) is 0 Å². The van der Waals surface area contributed by atoms with Crippen molar-refractivity contribution in [3.63, 3.8) is 0 Å². The fraction of sp³-hybridized carbons (Fsp3) is 0.167. The van der Waals surface area contributed by atoms with Gasteiger partial charge in [0.15, 0.2) is 9.84 Å². The van der Waals surface area contributed by atoms with Gasteiger partial charge >= 0.3 is 0 Å². The van der Waals surface area contributed by atoms with E-state index < -0.39 is 9.84 Å². The molecule has 0 aliphatic carbocycles. The summed E-state index contributed by atoms with van der Waals surface area (Å²) in [4.78, 5) is 0.291. The molecule has 0 saturated heterocycles. The molecule has 78 valence electrons. The Bertz CT molecular complexity index is 487. The molecule has 0 aromatic heterocycles. The van der Waals surface area contributed by atoms with Gasteiger partial charge in [-0.25, -0.2) is 8.42 Å². The lowest BCUT2D eigenvalue weighted by molar-refractivity contribution is 0.604. The lowest BCUT2D eigenvalue weighted by atomic mass is 10.4. The van der Waals surface area contributed by atoms with E-state index in [0.29, 0.717) is 4.90 Å². The van der Waals surface area contributed by atoms with Crippen molar-refractivity contribution < 1.29 is 8.42 Å². The molecule has 0 aliphatic rings. The van der Waals surface area contributed by atoms with Crippen LogP contribution in [0, 0.1) is 11.8 Å². The Morgan fingerprint density at radius 1 is 1.27 bits per heavy atom. The molecule has 0 heterocycles. The second-order valence-electron chi connectivity index (χ2n) is 2.84. The molecule has 0 radical (unpaired) electrons. The van der Waals surface area contributed by atoms with Crippen LogP contribution < -0.4 is 0 Å². The van der Waals surface area contributed by atoms with Gasteiger partial charge in [0, 0.05) is 11.8 Å². The Kier molecular flexibility index (Phi) is 4.14. The van der Waals surface area contributed by atoms with E-state index in [1.807, 2.05) is 6.92 Å². The van der Waals surface area contributed by atoms with Crippen molar-refractivity contribution in [2.24, 2.45) is 0 Å². The predicted octanol–water partition coefficient (Wildman–Crippen LogP) is 2.39. The maximum atomic E-state index is 11.6. The monoisotopic (exact) mass is 220 g/mol. The van der Waals surface area contributed by atoms with Gasteiger partial charge in [-0.3, -0.25) is 0 Å². The minimum atomic E-state index is -3.32. The third-order valence-electron chi connectivity index (χ3n) is 1.68. The van der Waals surface area contributed by atoms with Crippen LogP contribution >= 0.6 is 0 Å². The van der Waals surface area contributed by atoms with Gasteiger partial charge in [-0.2, -0.15) is 0 Å². The smallest absolute Gasteiger partial charge is 0.200 e. The standard InChI is InChI=1S/C12H12O2S/c1-2-3-4-8-11-15(13,14)12-9-6-5-7-10-12/h5-11H,2H2,1H3/b11-8+. The zero-order valence-corrected chi connectivity index (χ0v) is 9.29. The van der Waals surface area contributed by atoms with E-state index in [0.717, 1.165) is 11.8 Å². The molecule has 1 aromatic carbocycles. The third kappa shape index (κ3) is 3.61. The van der Waals surface area contributed by atoms with Gasteiger partial charge in [0.05, 0.1) is 4.90 Å². The summed E-state index contributed by atoms with van der Waals surface area (Å²) >= 11 is 0. The molecule has 3 heteroatoms. The van der Waals surface area contributed by atoms with Crippen molar-refractivity contribution in [3.05, 3.63) is 41.8 Å². The molecule has 0 N–H and O–H groups in total. The Morgan fingerprint density at radius 2 is 1.93 bits per heavy atom. The van der Waals surface area contributed by atoms with E-state index in [4.69, 9.17) is 0 Å². The van der Waals surface area contributed by atoms with Crippen LogP contribution in [0.3, 0.4) is 0 Å². The first-order valence-electron chi connectivity index (χ1n) is 4.62. The second kappa shape index (κ2) is 5.38. The van der Waals surface area contributed by atoms with Crippen LogP contribution in [0.1, 0.15) is 13.3 Å². The van der Waals surface area contributed by atoms with E-state index in [9.17, 15) is 8.42 Å². The molecule has 2 nitrogen and oxygen atoms in total. The molecule has 0 spiro atoms. The summed E-state index contributed by atoms with van der Waals surface area (Å²) < 4.78 is 23.3. The third-order valence-corrected chi connectivity index (χ3v) is 3.10. The molecule has 0 amide bonds. The van der Waals surface area contributed by atoms with Crippen LogP contribution in [0.15, 0.2) is 46.7 Å². The normalized spacial score (nSPS) is 11.0. The van der Waals surface area contributed by atoms with Gasteiger partial charge < -0.3 is 0 Å². The summed E-state index contributed by atoms with van der Waals surface area (Å²) in [6, 6.07) is 8.29. The van der Waals surface area contributed by atoms with Gasteiger partial charge in [0.1, 0.15) is 0 Å². The molecule has 0 unspecified atom stereocenters. The average molecular weight is 220 g/mol. The largest absolute Gasteiger partial charge is 0.219 e. The van der Waals surface area contributed by atoms with Crippen LogP contribution in [0.25, 0.3) is 0 Å². The molecule has 1 rings (SSSR count). The molecule has 0 atom stereocenters. The summed E-state index contributed by atoms with van der Waals surface area (Å²) in [6.07, 6.45) is 2.08. The van der Waals surface area contributed by atoms with Crippen molar-refractivity contribution in [1.82, 2.24) is 0 Å². The number of hydrogen-bond donors (Lipinski definition) is 0. The van der Waals surface area contributed by atoms with E-state index in [1.165, 1.54) is 6.08 Å². The van der Waals surface area contributed by atoms with Crippen LogP contribution in [0.4, 0.5) is 0 Å². The highest BCUT2D eigenvalue weighted by molar-refractivity contribution is 7.94. The lowest BCUT2D eigenvalue weighted by Crippen LogP contribution is -1.94. The number of allylic oxidation sites excluding steroid dienone is 1. The van der Waals surface area contributed by atoms with Crippen molar-refractivity contribution in [3.8, 4) is 11.8 Å². The summed E-state index contributed by atoms with van der Waals surface area (Å²) in [7, 11) is -3.32. The first kappa shape index (κ1) is 11.5. The first-order chi connectivity index (χ1) is 7.17. The van der Waals surface area contributed by atoms with Crippen LogP contribution in [0.5, 0.6) is 0 Å². The first-order valence-corrected chi connectivity index (χ1v) is 6.16. The second-order valence-corrected chi connectivity index (χ2v) is 4.67. The minimum Gasteiger partial charge on any atom is -0.219 e. The Labute approximate surface area is 90.6 Å². The summed E-state index contributed by atoms with van der Waals surface area (Å²) in [5, 5.41) is 1.13. The highest BCUT2D eigenvalue weighted by atomic mass is 32.2. The Balaban J connectivity index is 2.91. The molecule has 1 aromatic rings. The van der Waals surface area contributed by atoms with Gasteiger partial charge in [0.2, 0.25) is 0 Å². The van der Waals surface area contributed by atoms with Crippen LogP contribution in [-0.4, -0.2) is 8.42 Å². The van der Waals surface area contributed by atoms with E-state index >= 15 is 0 Å². The van der Waals surface area contributed by atoms with Crippen molar-refractivity contribution in [1.29, 1.82) is 0 Å². The van der Waals surface area contributed by atoms with Gasteiger partial charge in [-0.1, -0.05) is 37.0 Å². The summed E-state index contributed by atoms with van der Waals surface area (Å²) in [6.45, 7) is 1.91. The molecular weight excluding hydrogens is 208 g/mol. The van der Waals surface area contributed by atoms with Gasteiger partial charge in [-0.15, -0.1) is 0 Å². The minimum absolute atomic E-state index is 0.291. The highest BCUT2D eigenvalue weighted by Crippen LogP contribution is 2.10. The number of benzene rings is 1. The lowest BCUT2D eigenvalue weighted by Gasteiger charge is -1.95. The van der Waals surface area contributed by atoms with E-state index in [1.54, 1.807) is 30.3 Å². The van der Waals surface area contributed by atoms with Crippen molar-refractivity contribution >= 4 is 9.84 Å². The maximum absolute atomic E-state index is 11.6. The quantitative estimate of drug-likeness (QED) is 0.717. The maximum Gasteiger partial charge on any atom is 0.200 e. The number of rotatable bonds is 2. The van der Waals surface area contributed by atoms with E-state index in [2.05, 4.69) is 11.8 Å². The van der Waals surface area contributed by atoms with E-state index in [-0.39, 0.29) is 0 Å². The zero-order valence-electron chi connectivity index (χ0n) is 8.47. The molecule has 0 bridgehead atoms. The average Bonchev–Trinajstić information content (AvgIpc) is 2.26. The Morgan fingerprint density at radius 3 is 2.53 bits per heavy atom. The fourth-order valence-corrected chi connectivity index (χ4v) is 1.91. The Hall–Kier alpha value is -1.53. The fourth-order valence-electron chi connectivity index (χ4n) is 0.973. The SMILES string of the molecule is CCC#C/C=C/S(=O)(=O)c1ccccc1. The molecule has 0 saturated carbocycles. The van der Waals surface area contributed by atoms with Crippen molar-refractivity contribution in [2.45, 2.75) is 18.2 Å². The topological polar surface area (TPSA) is 34.1 Å².